The number of hydrogen-bond acceptors (Lipinski definition) is 2. The van der Waals surface area contributed by atoms with E-state index in [0.29, 0.717) is 12.8 Å². The van der Waals surface area contributed by atoms with Crippen molar-refractivity contribution in [2.75, 3.05) is 13.1 Å². The number of piperidine rings is 1. The topological polar surface area (TPSA) is 15.3 Å². The van der Waals surface area contributed by atoms with Crippen molar-refractivity contribution in [3.8, 4) is 0 Å². The fourth-order valence-corrected chi connectivity index (χ4v) is 3.90. The zero-order valence-corrected chi connectivity index (χ0v) is 12.0. The fourth-order valence-electron chi connectivity index (χ4n) is 3.90. The van der Waals surface area contributed by atoms with Gasteiger partial charge in [0, 0.05) is 18.1 Å². The van der Waals surface area contributed by atoms with Crippen LogP contribution in [0.2, 0.25) is 0 Å². The number of nitrogens with one attached hydrogen (secondary N) is 1. The van der Waals surface area contributed by atoms with Crippen LogP contribution in [0.5, 0.6) is 0 Å². The van der Waals surface area contributed by atoms with Crippen molar-refractivity contribution >= 4 is 0 Å². The summed E-state index contributed by atoms with van der Waals surface area (Å²) in [5, 5.41) is 3.35. The van der Waals surface area contributed by atoms with E-state index in [1.54, 1.807) is 0 Å². The molecule has 2 unspecified atom stereocenters. The summed E-state index contributed by atoms with van der Waals surface area (Å²) in [5.41, 5.74) is 0. The third-order valence-electron chi connectivity index (χ3n) is 5.23. The molecule has 2 saturated carbocycles. The van der Waals surface area contributed by atoms with Gasteiger partial charge in [0.2, 0.25) is 0 Å². The van der Waals surface area contributed by atoms with Gasteiger partial charge in [0.1, 0.15) is 0 Å². The van der Waals surface area contributed by atoms with Crippen LogP contribution in [0.15, 0.2) is 0 Å². The zero-order valence-electron chi connectivity index (χ0n) is 12.0. The Morgan fingerprint density at radius 1 is 0.850 bits per heavy atom. The molecule has 116 valence electrons. The first-order valence-electron chi connectivity index (χ1n) is 8.11. The predicted octanol–water partition coefficient (Wildman–Crippen LogP) is 3.32. The van der Waals surface area contributed by atoms with Gasteiger partial charge in [-0.2, -0.15) is 13.2 Å². The molecule has 0 spiro atoms. The molecule has 0 aromatic rings. The molecule has 20 heavy (non-hydrogen) atoms. The highest BCUT2D eigenvalue weighted by atomic mass is 19.4. The van der Waals surface area contributed by atoms with Crippen molar-refractivity contribution in [2.45, 2.75) is 75.7 Å². The fraction of sp³-hybridized carbons (Fsp3) is 1.00. The second-order valence-electron chi connectivity index (χ2n) is 6.75. The van der Waals surface area contributed by atoms with E-state index in [0.717, 1.165) is 44.8 Å². The Hall–Kier alpha value is -0.290. The smallest absolute Gasteiger partial charge is 0.311 e. The first-order chi connectivity index (χ1) is 9.54. The molecular formula is C15H25F3N2. The second-order valence-corrected chi connectivity index (χ2v) is 6.75. The molecule has 1 N–H and O–H groups in total. The van der Waals surface area contributed by atoms with Gasteiger partial charge in [0.05, 0.1) is 5.92 Å². The molecule has 1 saturated heterocycles. The first kappa shape index (κ1) is 14.6. The molecule has 0 radical (unpaired) electrons. The van der Waals surface area contributed by atoms with Crippen molar-refractivity contribution < 1.29 is 13.2 Å². The lowest BCUT2D eigenvalue weighted by atomic mass is 9.83. The highest BCUT2D eigenvalue weighted by Gasteiger charge is 2.46. The highest BCUT2D eigenvalue weighted by molar-refractivity contribution is 4.92. The van der Waals surface area contributed by atoms with Crippen molar-refractivity contribution in [3.63, 3.8) is 0 Å². The van der Waals surface area contributed by atoms with E-state index < -0.39 is 12.1 Å². The van der Waals surface area contributed by atoms with Crippen LogP contribution >= 0.6 is 0 Å². The summed E-state index contributed by atoms with van der Waals surface area (Å²) in [5.74, 6) is -1.13. The second kappa shape index (κ2) is 5.84. The maximum atomic E-state index is 13.1. The number of likely N-dealkylation sites (tertiary alicyclic amines) is 1. The molecule has 3 rings (SSSR count). The predicted molar refractivity (Wildman–Crippen MR) is 72.6 cm³/mol. The van der Waals surface area contributed by atoms with Gasteiger partial charge in [-0.15, -0.1) is 0 Å². The monoisotopic (exact) mass is 290 g/mol. The van der Waals surface area contributed by atoms with Gasteiger partial charge < -0.3 is 10.2 Å². The lowest BCUT2D eigenvalue weighted by Gasteiger charge is -2.39. The van der Waals surface area contributed by atoms with Gasteiger partial charge in [-0.25, -0.2) is 0 Å². The van der Waals surface area contributed by atoms with Crippen molar-refractivity contribution in [1.29, 1.82) is 0 Å². The number of alkyl halides is 3. The summed E-state index contributed by atoms with van der Waals surface area (Å²) >= 11 is 0. The molecule has 2 atom stereocenters. The van der Waals surface area contributed by atoms with E-state index in [9.17, 15) is 13.2 Å². The lowest BCUT2D eigenvalue weighted by molar-refractivity contribution is -0.189. The summed E-state index contributed by atoms with van der Waals surface area (Å²) in [6.45, 7) is 2.12. The Labute approximate surface area is 119 Å². The molecule has 0 aromatic carbocycles. The van der Waals surface area contributed by atoms with E-state index >= 15 is 0 Å². The average Bonchev–Trinajstić information content (AvgIpc) is 3.23. The maximum Gasteiger partial charge on any atom is 0.393 e. The largest absolute Gasteiger partial charge is 0.393 e. The Morgan fingerprint density at radius 3 is 2.10 bits per heavy atom. The average molecular weight is 290 g/mol. The maximum absolute atomic E-state index is 13.1. The number of nitrogens with zero attached hydrogens (tertiary/aromatic N) is 1. The van der Waals surface area contributed by atoms with Gasteiger partial charge >= 0.3 is 6.18 Å². The Bertz CT molecular complexity index is 320. The summed E-state index contributed by atoms with van der Waals surface area (Å²) in [4.78, 5) is 2.51. The standard InChI is InChI=1S/C15H25F3N2/c16-15(17,18)13-3-1-2-4-14(13)19-11-7-9-20(10-8-11)12-5-6-12/h11-14,19H,1-10H2. The Balaban J connectivity index is 1.51. The molecule has 3 fully saturated rings. The molecule has 3 aliphatic rings. The minimum absolute atomic E-state index is 0.290. The minimum atomic E-state index is -4.03. The Kier molecular flexibility index (Phi) is 4.27. The van der Waals surface area contributed by atoms with Crippen LogP contribution in [0.3, 0.4) is 0 Å². The molecule has 2 aliphatic carbocycles. The van der Waals surface area contributed by atoms with Gasteiger partial charge in [-0.1, -0.05) is 12.8 Å². The van der Waals surface area contributed by atoms with E-state index in [1.165, 1.54) is 12.8 Å². The van der Waals surface area contributed by atoms with Gasteiger partial charge in [0.25, 0.3) is 0 Å². The van der Waals surface area contributed by atoms with E-state index in [4.69, 9.17) is 0 Å². The van der Waals surface area contributed by atoms with Crippen LogP contribution in [-0.4, -0.2) is 42.3 Å². The molecule has 1 heterocycles. The summed E-state index contributed by atoms with van der Waals surface area (Å²) < 4.78 is 39.2. The van der Waals surface area contributed by atoms with Crippen LogP contribution < -0.4 is 5.32 Å². The van der Waals surface area contributed by atoms with Crippen molar-refractivity contribution in [2.24, 2.45) is 5.92 Å². The van der Waals surface area contributed by atoms with Gasteiger partial charge in [-0.3, -0.25) is 0 Å². The van der Waals surface area contributed by atoms with Crippen LogP contribution in [0.4, 0.5) is 13.2 Å². The quantitative estimate of drug-likeness (QED) is 0.858. The summed E-state index contributed by atoms with van der Waals surface area (Å²) in [6, 6.07) is 0.729. The molecule has 0 bridgehead atoms. The zero-order chi connectivity index (χ0) is 14.2. The van der Waals surface area contributed by atoms with Crippen molar-refractivity contribution in [1.82, 2.24) is 10.2 Å². The van der Waals surface area contributed by atoms with E-state index in [1.807, 2.05) is 0 Å². The van der Waals surface area contributed by atoms with Crippen LogP contribution in [-0.2, 0) is 0 Å². The van der Waals surface area contributed by atoms with Crippen LogP contribution in [0.1, 0.15) is 51.4 Å². The highest BCUT2D eigenvalue weighted by Crippen LogP contribution is 2.38. The number of hydrogen-bond donors (Lipinski definition) is 1. The van der Waals surface area contributed by atoms with Gasteiger partial charge in [0.15, 0.2) is 0 Å². The molecule has 0 amide bonds. The molecule has 1 aliphatic heterocycles. The normalized spacial score (nSPS) is 34.4. The molecule has 0 aromatic heterocycles. The van der Waals surface area contributed by atoms with E-state index in [2.05, 4.69) is 10.2 Å². The van der Waals surface area contributed by atoms with E-state index in [-0.39, 0.29) is 12.1 Å². The minimum Gasteiger partial charge on any atom is -0.311 e. The third-order valence-corrected chi connectivity index (χ3v) is 5.23. The summed E-state index contributed by atoms with van der Waals surface area (Å²) in [6.07, 6.45) is 3.28. The van der Waals surface area contributed by atoms with Crippen LogP contribution in [0, 0.1) is 5.92 Å². The molecule has 5 heteroatoms. The first-order valence-corrected chi connectivity index (χ1v) is 8.11. The summed E-state index contributed by atoms with van der Waals surface area (Å²) in [7, 11) is 0. The number of halogens is 3. The molecular weight excluding hydrogens is 265 g/mol. The Morgan fingerprint density at radius 2 is 1.50 bits per heavy atom. The van der Waals surface area contributed by atoms with Crippen molar-refractivity contribution in [3.05, 3.63) is 0 Å². The third kappa shape index (κ3) is 3.48. The number of rotatable bonds is 3. The lowest BCUT2D eigenvalue weighted by Crippen LogP contribution is -2.52. The molecule has 2 nitrogen and oxygen atoms in total. The van der Waals surface area contributed by atoms with Gasteiger partial charge in [-0.05, 0) is 51.6 Å². The SMILES string of the molecule is FC(F)(F)C1CCCCC1NC1CCN(C2CC2)CC1. The van der Waals surface area contributed by atoms with Crippen LogP contribution in [0.25, 0.3) is 0 Å².